The van der Waals surface area contributed by atoms with E-state index in [2.05, 4.69) is 6.58 Å². The van der Waals surface area contributed by atoms with Gasteiger partial charge in [-0.25, -0.2) is 4.79 Å². The van der Waals surface area contributed by atoms with Crippen molar-refractivity contribution in [3.05, 3.63) is 42.0 Å². The van der Waals surface area contributed by atoms with Crippen LogP contribution in [0.3, 0.4) is 0 Å². The van der Waals surface area contributed by atoms with Crippen LogP contribution in [0.2, 0.25) is 0 Å². The fourth-order valence-electron chi connectivity index (χ4n) is 1.64. The maximum Gasteiger partial charge on any atom is 0.337 e. The maximum absolute atomic E-state index is 11.7. The van der Waals surface area contributed by atoms with Gasteiger partial charge in [-0.1, -0.05) is 18.7 Å². The zero-order valence-corrected chi connectivity index (χ0v) is 11.8. The molecule has 0 aromatic heterocycles. The van der Waals surface area contributed by atoms with E-state index in [9.17, 15) is 9.59 Å². The Hall–Kier alpha value is -2.30. The predicted molar refractivity (Wildman–Crippen MR) is 73.3 cm³/mol. The first-order chi connectivity index (χ1) is 9.49. The van der Waals surface area contributed by atoms with Crippen molar-refractivity contribution in [2.24, 2.45) is 0 Å². The molecule has 0 aliphatic heterocycles. The molecule has 1 aromatic rings. The summed E-state index contributed by atoms with van der Waals surface area (Å²) < 4.78 is 15.2. The minimum Gasteiger partial charge on any atom is -0.497 e. The number of methoxy groups -OCH3 is 1. The highest BCUT2D eigenvalue weighted by molar-refractivity contribution is 5.89. The van der Waals surface area contributed by atoms with Crippen LogP contribution >= 0.6 is 0 Å². The molecule has 0 aliphatic rings. The Morgan fingerprint density at radius 3 is 2.60 bits per heavy atom. The van der Waals surface area contributed by atoms with Gasteiger partial charge in [-0.2, -0.15) is 0 Å². The van der Waals surface area contributed by atoms with Crippen molar-refractivity contribution in [3.63, 3.8) is 0 Å². The molecule has 1 rings (SSSR count). The Kier molecular flexibility index (Phi) is 5.77. The first-order valence-corrected chi connectivity index (χ1v) is 6.16. The number of esters is 2. The molecule has 1 atom stereocenters. The van der Waals surface area contributed by atoms with E-state index in [1.54, 1.807) is 31.2 Å². The normalized spacial score (nSPS) is 11.3. The summed E-state index contributed by atoms with van der Waals surface area (Å²) in [5, 5.41) is 0. The van der Waals surface area contributed by atoms with Gasteiger partial charge < -0.3 is 14.2 Å². The molecule has 0 radical (unpaired) electrons. The van der Waals surface area contributed by atoms with Crippen molar-refractivity contribution in [1.82, 2.24) is 0 Å². The van der Waals surface area contributed by atoms with E-state index in [1.807, 2.05) is 0 Å². The Balaban J connectivity index is 3.07. The number of carbonyl (C=O) groups is 2. The summed E-state index contributed by atoms with van der Waals surface area (Å²) in [6.45, 7) is 6.85. The zero-order valence-electron chi connectivity index (χ0n) is 11.8. The van der Waals surface area contributed by atoms with Crippen molar-refractivity contribution in [2.45, 2.75) is 20.0 Å². The van der Waals surface area contributed by atoms with Gasteiger partial charge in [0.1, 0.15) is 5.75 Å². The third-order valence-electron chi connectivity index (χ3n) is 2.53. The molecule has 5 nitrogen and oxygen atoms in total. The monoisotopic (exact) mass is 278 g/mol. The summed E-state index contributed by atoms with van der Waals surface area (Å²) in [6, 6.07) is 6.89. The summed E-state index contributed by atoms with van der Waals surface area (Å²) in [5.41, 5.74) is 0.660. The number of carbonyl (C=O) groups excluding carboxylic acids is 2. The van der Waals surface area contributed by atoms with Gasteiger partial charge in [-0.05, 0) is 19.1 Å². The summed E-state index contributed by atoms with van der Waals surface area (Å²) in [6.07, 6.45) is -0.887. The highest BCUT2D eigenvalue weighted by Gasteiger charge is 2.25. The maximum atomic E-state index is 11.7. The van der Waals surface area contributed by atoms with Crippen molar-refractivity contribution in [2.75, 3.05) is 13.7 Å². The Morgan fingerprint density at radius 1 is 1.35 bits per heavy atom. The average Bonchev–Trinajstić information content (AvgIpc) is 2.44. The SMILES string of the molecule is C=C(C(=O)OCC)C(OC(C)=O)c1cccc(OC)c1. The fraction of sp³-hybridized carbons (Fsp3) is 0.333. The molecular formula is C15H18O5. The highest BCUT2D eigenvalue weighted by Crippen LogP contribution is 2.28. The number of rotatable bonds is 6. The van der Waals surface area contributed by atoms with Crippen LogP contribution in [0.1, 0.15) is 25.5 Å². The predicted octanol–water partition coefficient (Wildman–Crippen LogP) is 2.42. The van der Waals surface area contributed by atoms with Crippen LogP contribution in [-0.2, 0) is 19.1 Å². The van der Waals surface area contributed by atoms with E-state index in [0.29, 0.717) is 11.3 Å². The molecule has 1 aromatic carbocycles. The first kappa shape index (κ1) is 15.8. The molecule has 20 heavy (non-hydrogen) atoms. The van der Waals surface area contributed by atoms with Gasteiger partial charge in [0.05, 0.1) is 19.3 Å². The zero-order chi connectivity index (χ0) is 15.1. The third kappa shape index (κ3) is 4.12. The van der Waals surface area contributed by atoms with Crippen LogP contribution in [0.15, 0.2) is 36.4 Å². The van der Waals surface area contributed by atoms with Gasteiger partial charge in [0.15, 0.2) is 6.10 Å². The van der Waals surface area contributed by atoms with Crippen LogP contribution in [-0.4, -0.2) is 25.7 Å². The number of benzene rings is 1. The highest BCUT2D eigenvalue weighted by atomic mass is 16.6. The van der Waals surface area contributed by atoms with E-state index in [-0.39, 0.29) is 12.2 Å². The molecular weight excluding hydrogens is 260 g/mol. The van der Waals surface area contributed by atoms with Crippen molar-refractivity contribution in [3.8, 4) is 5.75 Å². The minimum absolute atomic E-state index is 0.0651. The minimum atomic E-state index is -0.887. The Morgan fingerprint density at radius 2 is 2.05 bits per heavy atom. The summed E-state index contributed by atoms with van der Waals surface area (Å²) in [7, 11) is 1.53. The van der Waals surface area contributed by atoms with E-state index in [0.717, 1.165) is 0 Å². The van der Waals surface area contributed by atoms with Crippen LogP contribution in [0.25, 0.3) is 0 Å². The topological polar surface area (TPSA) is 61.8 Å². The average molecular weight is 278 g/mol. The number of hydrogen-bond acceptors (Lipinski definition) is 5. The summed E-state index contributed by atoms with van der Waals surface area (Å²) in [5.74, 6) is -0.513. The lowest BCUT2D eigenvalue weighted by atomic mass is 10.0. The van der Waals surface area contributed by atoms with Gasteiger partial charge >= 0.3 is 11.9 Å². The quantitative estimate of drug-likeness (QED) is 0.590. The van der Waals surface area contributed by atoms with Crippen LogP contribution in [0.5, 0.6) is 5.75 Å². The van der Waals surface area contributed by atoms with Gasteiger partial charge in [-0.15, -0.1) is 0 Å². The van der Waals surface area contributed by atoms with E-state index in [1.165, 1.54) is 14.0 Å². The second-order valence-corrected chi connectivity index (χ2v) is 4.01. The molecule has 108 valence electrons. The number of hydrogen-bond donors (Lipinski definition) is 0. The molecule has 0 spiro atoms. The van der Waals surface area contributed by atoms with Gasteiger partial charge in [0.25, 0.3) is 0 Å². The molecule has 0 saturated carbocycles. The van der Waals surface area contributed by atoms with E-state index in [4.69, 9.17) is 14.2 Å². The molecule has 0 saturated heterocycles. The third-order valence-corrected chi connectivity index (χ3v) is 2.53. The van der Waals surface area contributed by atoms with Crippen molar-refractivity contribution >= 4 is 11.9 Å². The molecule has 0 bridgehead atoms. The Bertz CT molecular complexity index is 507. The smallest absolute Gasteiger partial charge is 0.337 e. The molecule has 1 unspecified atom stereocenters. The van der Waals surface area contributed by atoms with Gasteiger partial charge in [0, 0.05) is 12.5 Å². The largest absolute Gasteiger partial charge is 0.497 e. The summed E-state index contributed by atoms with van der Waals surface area (Å²) >= 11 is 0. The van der Waals surface area contributed by atoms with Gasteiger partial charge in [-0.3, -0.25) is 4.79 Å². The second kappa shape index (κ2) is 7.33. The van der Waals surface area contributed by atoms with Crippen LogP contribution in [0.4, 0.5) is 0 Å². The molecule has 0 N–H and O–H groups in total. The molecule has 0 amide bonds. The lowest BCUT2D eigenvalue weighted by Gasteiger charge is -2.19. The van der Waals surface area contributed by atoms with Crippen LogP contribution in [0, 0.1) is 0 Å². The number of ether oxygens (including phenoxy) is 3. The first-order valence-electron chi connectivity index (χ1n) is 6.16. The fourth-order valence-corrected chi connectivity index (χ4v) is 1.64. The van der Waals surface area contributed by atoms with Gasteiger partial charge in [0.2, 0.25) is 0 Å². The molecule has 5 heteroatoms. The standard InChI is InChI=1S/C15H18O5/c1-5-19-15(17)10(2)14(20-11(3)16)12-7-6-8-13(9-12)18-4/h6-9,14H,2,5H2,1,3-4H3. The van der Waals surface area contributed by atoms with E-state index >= 15 is 0 Å². The Labute approximate surface area is 118 Å². The molecule has 0 aliphatic carbocycles. The molecule has 0 heterocycles. The van der Waals surface area contributed by atoms with Crippen LogP contribution < -0.4 is 4.74 Å². The molecule has 0 fully saturated rings. The lowest BCUT2D eigenvalue weighted by Crippen LogP contribution is -2.18. The van der Waals surface area contributed by atoms with Crippen molar-refractivity contribution < 1.29 is 23.8 Å². The van der Waals surface area contributed by atoms with E-state index < -0.39 is 18.0 Å². The lowest BCUT2D eigenvalue weighted by molar-refractivity contribution is -0.147. The summed E-state index contributed by atoms with van der Waals surface area (Å²) in [4.78, 5) is 23.0. The second-order valence-electron chi connectivity index (χ2n) is 4.01. The van der Waals surface area contributed by atoms with Crippen molar-refractivity contribution in [1.29, 1.82) is 0 Å².